The van der Waals surface area contributed by atoms with Gasteiger partial charge in [-0.25, -0.2) is 0 Å². The van der Waals surface area contributed by atoms with E-state index in [0.717, 1.165) is 39.6 Å². The van der Waals surface area contributed by atoms with Crippen LogP contribution < -0.4 is 0 Å². The van der Waals surface area contributed by atoms with Crippen LogP contribution in [0.25, 0.3) is 0 Å². The van der Waals surface area contributed by atoms with E-state index in [-0.39, 0.29) is 7.32 Å². The van der Waals surface area contributed by atoms with Crippen LogP contribution in [-0.2, 0) is 12.9 Å². The Morgan fingerprint density at radius 1 is 0.357 bits per heavy atom. The summed E-state index contributed by atoms with van der Waals surface area (Å²) in [5.74, 6) is 0. The molecule has 0 aromatic carbocycles. The third kappa shape index (κ3) is 12.5. The average molecular weight is 402 g/mol. The maximum atomic E-state index is 3.78. The minimum absolute atomic E-state index is 0.259. The summed E-state index contributed by atoms with van der Waals surface area (Å²) >= 11 is 0. The topological polar surface area (TPSA) is 8.10 Å². The van der Waals surface area contributed by atoms with Crippen LogP contribution in [0.1, 0.15) is 119 Å². The fraction of sp³-hybridized carbons (Fsp3) is 1.00. The van der Waals surface area contributed by atoms with Gasteiger partial charge in [0.25, 0.3) is 0 Å². The Kier molecular flexibility index (Phi) is 20.2. The molecule has 0 atom stereocenters. The molecule has 0 amide bonds. The lowest BCUT2D eigenvalue weighted by Crippen LogP contribution is -2.53. The van der Waals surface area contributed by atoms with Crippen molar-refractivity contribution >= 4 is 7.32 Å². The first-order valence-corrected chi connectivity index (χ1v) is 12.7. The highest BCUT2D eigenvalue weighted by Gasteiger charge is 2.74. The largest absolute Gasteiger partial charge is 1.34 e. The molecule has 0 aromatic rings. The van der Waals surface area contributed by atoms with Crippen molar-refractivity contribution < 1.29 is 12.9 Å². The van der Waals surface area contributed by atoms with E-state index in [0.29, 0.717) is 0 Å². The van der Waals surface area contributed by atoms with Crippen LogP contribution in [0.5, 0.6) is 0 Å². The lowest BCUT2D eigenvalue weighted by Gasteiger charge is -2.28. The van der Waals surface area contributed by atoms with E-state index >= 15 is 0 Å². The monoisotopic (exact) mass is 401 g/mol. The van der Waals surface area contributed by atoms with Crippen LogP contribution in [0.2, 0.25) is 0 Å². The lowest BCUT2D eigenvalue weighted by atomic mass is 10.1. The van der Waals surface area contributed by atoms with Crippen LogP contribution in [0, 0.1) is 0 Å². The van der Waals surface area contributed by atoms with Gasteiger partial charge in [0, 0.05) is 38.5 Å². The average Bonchev–Trinajstić information content (AvgIpc) is 2.72. The molecule has 0 fully saturated rings. The van der Waals surface area contributed by atoms with E-state index in [1.165, 1.54) is 77.0 Å². The minimum Gasteiger partial charge on any atom is -0.360 e. The molecule has 0 aliphatic carbocycles. The summed E-state index contributed by atoms with van der Waals surface area (Å²) in [5.41, 5.74) is 0. The zero-order valence-corrected chi connectivity index (χ0v) is 20.5. The molecule has 0 saturated carbocycles. The molecular formula is C24H54BO3+3. The van der Waals surface area contributed by atoms with Gasteiger partial charge in [0.15, 0.2) is 0 Å². The summed E-state index contributed by atoms with van der Waals surface area (Å²) in [4.78, 5) is 0. The summed E-state index contributed by atoms with van der Waals surface area (Å²) in [5, 5.41) is 0. The van der Waals surface area contributed by atoms with Gasteiger partial charge in [0.1, 0.15) is 39.6 Å². The van der Waals surface area contributed by atoms with E-state index in [1.54, 1.807) is 0 Å². The molecule has 0 aromatic heterocycles. The molecular weight excluding hydrogens is 347 g/mol. The van der Waals surface area contributed by atoms with Gasteiger partial charge in [-0.05, 0) is 38.5 Å². The Hall–Kier alpha value is -0.0551. The summed E-state index contributed by atoms with van der Waals surface area (Å²) in [7, 11) is 0.259. The molecule has 0 saturated heterocycles. The quantitative estimate of drug-likeness (QED) is 0.140. The van der Waals surface area contributed by atoms with Crippen LogP contribution in [0.15, 0.2) is 0 Å². The Morgan fingerprint density at radius 3 is 0.679 bits per heavy atom. The van der Waals surface area contributed by atoms with Crippen LogP contribution in [0.3, 0.4) is 0 Å². The zero-order valence-electron chi connectivity index (χ0n) is 20.5. The molecule has 3 nitrogen and oxygen atoms in total. The normalized spacial score (nSPS) is 11.9. The Balaban J connectivity index is 5.67. The van der Waals surface area contributed by atoms with Crippen molar-refractivity contribution in [3.8, 4) is 0 Å². The lowest BCUT2D eigenvalue weighted by molar-refractivity contribution is -0.209. The molecule has 0 spiro atoms. The van der Waals surface area contributed by atoms with Gasteiger partial charge in [-0.15, -0.1) is 0 Å². The first kappa shape index (κ1) is 27.9. The van der Waals surface area contributed by atoms with Gasteiger partial charge in [-0.1, -0.05) is 41.5 Å². The van der Waals surface area contributed by atoms with Crippen LogP contribution >= 0.6 is 0 Å². The second-order valence-electron chi connectivity index (χ2n) is 8.25. The van der Waals surface area contributed by atoms with Gasteiger partial charge < -0.3 is 12.9 Å². The third-order valence-corrected chi connectivity index (χ3v) is 5.38. The second-order valence-corrected chi connectivity index (χ2v) is 8.25. The number of hydrogen-bond donors (Lipinski definition) is 0. The fourth-order valence-electron chi connectivity index (χ4n) is 3.44. The number of hydrogen-bond acceptors (Lipinski definition) is 0. The van der Waals surface area contributed by atoms with E-state index in [2.05, 4.69) is 54.4 Å². The van der Waals surface area contributed by atoms with Crippen molar-refractivity contribution in [3.05, 3.63) is 0 Å². The molecule has 28 heavy (non-hydrogen) atoms. The number of unbranched alkanes of at least 4 members (excludes halogenated alkanes) is 6. The molecule has 0 aliphatic rings. The van der Waals surface area contributed by atoms with Crippen LogP contribution in [0.4, 0.5) is 0 Å². The maximum absolute atomic E-state index is 3.78. The van der Waals surface area contributed by atoms with Crippen LogP contribution in [-0.4, -0.2) is 47.0 Å². The number of rotatable bonds is 21. The smallest absolute Gasteiger partial charge is 0.360 e. The molecule has 0 radical (unpaired) electrons. The molecule has 0 N–H and O–H groups in total. The summed E-state index contributed by atoms with van der Waals surface area (Å²) in [6.45, 7) is 20.6. The van der Waals surface area contributed by atoms with Crippen molar-refractivity contribution in [1.29, 1.82) is 0 Å². The van der Waals surface area contributed by atoms with E-state index in [9.17, 15) is 0 Å². The van der Waals surface area contributed by atoms with Gasteiger partial charge in [-0.2, -0.15) is 0 Å². The summed E-state index contributed by atoms with van der Waals surface area (Å²) in [6.07, 6.45) is 15.1. The second kappa shape index (κ2) is 20.2. The molecule has 0 aliphatic heterocycles. The minimum atomic E-state index is 0.259. The highest BCUT2D eigenvalue weighted by molar-refractivity contribution is 6.39. The molecule has 0 heterocycles. The summed E-state index contributed by atoms with van der Waals surface area (Å²) in [6, 6.07) is 0. The summed E-state index contributed by atoms with van der Waals surface area (Å²) < 4.78 is 11.3. The highest BCUT2D eigenvalue weighted by Crippen LogP contribution is 2.24. The van der Waals surface area contributed by atoms with Crippen molar-refractivity contribution in [2.75, 3.05) is 39.6 Å². The molecule has 0 rings (SSSR count). The van der Waals surface area contributed by atoms with Gasteiger partial charge >= 0.3 is 7.32 Å². The van der Waals surface area contributed by atoms with Gasteiger partial charge in [-0.3, -0.25) is 0 Å². The molecule has 0 unspecified atom stereocenters. The predicted octanol–water partition coefficient (Wildman–Crippen LogP) is 7.43. The fourth-order valence-corrected chi connectivity index (χ4v) is 3.44. The third-order valence-electron chi connectivity index (χ3n) is 5.38. The van der Waals surface area contributed by atoms with Crippen molar-refractivity contribution in [2.45, 2.75) is 119 Å². The zero-order chi connectivity index (χ0) is 21.0. The SMILES string of the molecule is CCCC[O+](CCCC)B([O+](CCCC)CCCC)[O+](CCCC)CCCC. The molecule has 168 valence electrons. The first-order chi connectivity index (χ1) is 13.7. The maximum Gasteiger partial charge on any atom is 1.34 e. The van der Waals surface area contributed by atoms with Crippen molar-refractivity contribution in [3.63, 3.8) is 0 Å². The highest BCUT2D eigenvalue weighted by atomic mass is 16.9. The van der Waals surface area contributed by atoms with Gasteiger partial charge in [0.2, 0.25) is 0 Å². The van der Waals surface area contributed by atoms with Crippen molar-refractivity contribution in [2.24, 2.45) is 0 Å². The predicted molar refractivity (Wildman–Crippen MR) is 128 cm³/mol. The molecule has 0 bridgehead atoms. The Morgan fingerprint density at radius 2 is 0.536 bits per heavy atom. The van der Waals surface area contributed by atoms with E-state index < -0.39 is 0 Å². The Labute approximate surface area is 178 Å². The first-order valence-electron chi connectivity index (χ1n) is 12.7. The Bertz CT molecular complexity index is 243. The standard InChI is InChI=1S/C24H54BO3/c1-7-13-19-26(20-14-8-2)25(27(21-15-9-3)22-16-10-4)28(23-17-11-5)24-18-12-6/h7-24H2,1-6H3/q+3. The molecule has 4 heteroatoms. The van der Waals surface area contributed by atoms with E-state index in [1.807, 2.05) is 0 Å². The van der Waals surface area contributed by atoms with Crippen molar-refractivity contribution in [1.82, 2.24) is 0 Å². The van der Waals surface area contributed by atoms with E-state index in [4.69, 9.17) is 0 Å². The van der Waals surface area contributed by atoms with Gasteiger partial charge in [0.05, 0.1) is 0 Å².